The predicted molar refractivity (Wildman–Crippen MR) is 61.5 cm³/mol. The monoisotopic (exact) mass is 230 g/mol. The van der Waals surface area contributed by atoms with Crippen LogP contribution in [0.5, 0.6) is 0 Å². The second kappa shape index (κ2) is 4.78. The molecule has 0 saturated heterocycles. The third kappa shape index (κ3) is 2.69. The maximum Gasteiger partial charge on any atom is 0.228 e. The van der Waals surface area contributed by atoms with E-state index in [2.05, 4.69) is 10.1 Å². The molecule has 0 bridgehead atoms. The molecule has 1 amide bonds. The van der Waals surface area contributed by atoms with Gasteiger partial charge in [0.2, 0.25) is 17.6 Å². The maximum absolute atomic E-state index is 10.9. The smallest absolute Gasteiger partial charge is 0.228 e. The largest absolute Gasteiger partial charge is 0.369 e. The normalized spacial score (nSPS) is 10.7. The fraction of sp³-hybridized carbons (Fsp3) is 0.167. The van der Waals surface area contributed by atoms with Crippen LogP contribution in [0.4, 0.5) is 0 Å². The fourth-order valence-electron chi connectivity index (χ4n) is 1.35. The quantitative estimate of drug-likeness (QED) is 0.859. The van der Waals surface area contributed by atoms with Gasteiger partial charge in [-0.05, 0) is 6.92 Å². The van der Waals surface area contributed by atoms with Gasteiger partial charge in [0.05, 0.1) is 5.92 Å². The summed E-state index contributed by atoms with van der Waals surface area (Å²) in [5.74, 6) is 0.941. The van der Waals surface area contributed by atoms with Crippen LogP contribution in [-0.2, 0) is 11.2 Å². The number of hydrogen-bond donors (Lipinski definition) is 1. The Labute approximate surface area is 98.6 Å². The Hall–Kier alpha value is -2.17. The lowest BCUT2D eigenvalue weighted by atomic mass is 10.1. The van der Waals surface area contributed by atoms with Gasteiger partial charge < -0.3 is 10.3 Å². The minimum absolute atomic E-state index is 0.287. The first-order chi connectivity index (χ1) is 8.16. The lowest BCUT2D eigenvalue weighted by molar-refractivity contribution is -0.116. The van der Waals surface area contributed by atoms with E-state index >= 15 is 0 Å². The number of hydrogen-bond acceptors (Lipinski definition) is 4. The molecule has 1 aromatic heterocycles. The highest BCUT2D eigenvalue weighted by molar-refractivity contribution is 5.87. The molecule has 5 heteroatoms. The Kier molecular flexibility index (Phi) is 3.18. The van der Waals surface area contributed by atoms with Crippen LogP contribution in [0.2, 0.25) is 0 Å². The number of carbonyl (C=O) groups excluding carboxylic acids is 1. The number of primary amides is 1. The van der Waals surface area contributed by atoms with Gasteiger partial charge in [0, 0.05) is 12.0 Å². The van der Waals surface area contributed by atoms with Crippen molar-refractivity contribution in [1.82, 2.24) is 10.1 Å². The molecule has 0 saturated carbocycles. The minimum Gasteiger partial charge on any atom is -0.369 e. The third-order valence-electron chi connectivity index (χ3n) is 2.34. The number of benzene rings is 1. The summed E-state index contributed by atoms with van der Waals surface area (Å²) in [6.07, 6.45) is 0.287. The number of amides is 1. The van der Waals surface area contributed by atoms with E-state index in [9.17, 15) is 4.79 Å². The van der Waals surface area contributed by atoms with Crippen LogP contribution in [0, 0.1) is 5.92 Å². The first-order valence-corrected chi connectivity index (χ1v) is 5.17. The lowest BCUT2D eigenvalue weighted by Gasteiger charge is -1.99. The van der Waals surface area contributed by atoms with E-state index in [1.807, 2.05) is 30.3 Å². The molecule has 5 nitrogen and oxygen atoms in total. The average molecular weight is 230 g/mol. The summed E-state index contributed by atoms with van der Waals surface area (Å²) in [7, 11) is 0. The minimum atomic E-state index is -0.454. The van der Waals surface area contributed by atoms with Crippen molar-refractivity contribution in [3.05, 3.63) is 42.1 Å². The molecule has 1 heterocycles. The Bertz CT molecular complexity index is 507. The van der Waals surface area contributed by atoms with E-state index in [1.54, 1.807) is 6.92 Å². The van der Waals surface area contributed by atoms with Crippen molar-refractivity contribution < 1.29 is 9.32 Å². The summed E-state index contributed by atoms with van der Waals surface area (Å²) in [6.45, 7) is 1.65. The molecule has 0 spiro atoms. The Morgan fingerprint density at radius 2 is 2.06 bits per heavy atom. The van der Waals surface area contributed by atoms with Gasteiger partial charge in [0.15, 0.2) is 0 Å². The third-order valence-corrected chi connectivity index (χ3v) is 2.34. The standard InChI is InChI=1S/C12H12N3O2/c1-8(11(13)16)7-10-14-12(15-17-10)9-5-3-2-4-6-9/h2-6H,7H2,1H3,(H2,13,16). The molecule has 87 valence electrons. The van der Waals surface area contributed by atoms with Crippen LogP contribution < -0.4 is 5.73 Å². The van der Waals surface area contributed by atoms with Crippen molar-refractivity contribution in [2.45, 2.75) is 13.3 Å². The number of carbonyl (C=O) groups is 1. The molecule has 2 rings (SSSR count). The van der Waals surface area contributed by atoms with Crippen molar-refractivity contribution >= 4 is 5.91 Å². The van der Waals surface area contributed by atoms with E-state index in [0.717, 1.165) is 5.56 Å². The molecule has 0 atom stereocenters. The molecule has 2 aromatic rings. The van der Waals surface area contributed by atoms with Crippen molar-refractivity contribution in [1.29, 1.82) is 0 Å². The molecule has 17 heavy (non-hydrogen) atoms. The van der Waals surface area contributed by atoms with Crippen molar-refractivity contribution in [2.24, 2.45) is 5.73 Å². The predicted octanol–water partition coefficient (Wildman–Crippen LogP) is 1.36. The highest BCUT2D eigenvalue weighted by atomic mass is 16.5. The van der Waals surface area contributed by atoms with Gasteiger partial charge in [-0.25, -0.2) is 0 Å². The van der Waals surface area contributed by atoms with E-state index in [-0.39, 0.29) is 6.42 Å². The SMILES string of the molecule is C[C](Cc1nc(-c2ccccc2)no1)C(N)=O. The number of nitrogens with zero attached hydrogens (tertiary/aromatic N) is 2. The van der Waals surface area contributed by atoms with Crippen LogP contribution in [-0.4, -0.2) is 16.0 Å². The van der Waals surface area contributed by atoms with Gasteiger partial charge in [-0.3, -0.25) is 4.79 Å². The Morgan fingerprint density at radius 3 is 2.71 bits per heavy atom. The van der Waals surface area contributed by atoms with Crippen LogP contribution in [0.25, 0.3) is 11.4 Å². The summed E-state index contributed by atoms with van der Waals surface area (Å²) in [5, 5.41) is 3.85. The number of aromatic nitrogens is 2. The van der Waals surface area contributed by atoms with Crippen LogP contribution in [0.15, 0.2) is 34.9 Å². The zero-order chi connectivity index (χ0) is 12.3. The van der Waals surface area contributed by atoms with Crippen LogP contribution in [0.3, 0.4) is 0 Å². The molecular formula is C12H12N3O2. The van der Waals surface area contributed by atoms with Crippen LogP contribution in [0.1, 0.15) is 12.8 Å². The van der Waals surface area contributed by atoms with E-state index in [1.165, 1.54) is 0 Å². The van der Waals surface area contributed by atoms with E-state index in [4.69, 9.17) is 10.3 Å². The van der Waals surface area contributed by atoms with Crippen molar-refractivity contribution in [2.75, 3.05) is 0 Å². The molecular weight excluding hydrogens is 218 g/mol. The molecule has 1 aromatic carbocycles. The van der Waals surface area contributed by atoms with Gasteiger partial charge >= 0.3 is 0 Å². The van der Waals surface area contributed by atoms with Crippen LogP contribution >= 0.6 is 0 Å². The van der Waals surface area contributed by atoms with Gasteiger partial charge in [-0.2, -0.15) is 4.98 Å². The zero-order valence-electron chi connectivity index (χ0n) is 9.38. The second-order valence-electron chi connectivity index (χ2n) is 3.70. The molecule has 2 N–H and O–H groups in total. The van der Waals surface area contributed by atoms with Gasteiger partial charge in [-0.1, -0.05) is 35.5 Å². The summed E-state index contributed by atoms with van der Waals surface area (Å²) in [5.41, 5.74) is 6.01. The van der Waals surface area contributed by atoms with Gasteiger partial charge in [0.1, 0.15) is 0 Å². The maximum atomic E-state index is 10.9. The molecule has 0 aliphatic rings. The molecule has 0 aliphatic carbocycles. The molecule has 0 fully saturated rings. The summed E-state index contributed by atoms with van der Waals surface area (Å²) in [6, 6.07) is 9.48. The first-order valence-electron chi connectivity index (χ1n) is 5.17. The number of rotatable bonds is 4. The number of nitrogens with two attached hydrogens (primary N) is 1. The Morgan fingerprint density at radius 1 is 1.35 bits per heavy atom. The van der Waals surface area contributed by atoms with Gasteiger partial charge in [-0.15, -0.1) is 0 Å². The topological polar surface area (TPSA) is 82.0 Å². The van der Waals surface area contributed by atoms with Crippen molar-refractivity contribution in [3.8, 4) is 11.4 Å². The molecule has 0 unspecified atom stereocenters. The first kappa shape index (κ1) is 11.3. The van der Waals surface area contributed by atoms with E-state index < -0.39 is 5.91 Å². The average Bonchev–Trinajstić information content (AvgIpc) is 2.78. The Balaban J connectivity index is 2.14. The highest BCUT2D eigenvalue weighted by Crippen LogP contribution is 2.16. The summed E-state index contributed by atoms with van der Waals surface area (Å²) >= 11 is 0. The lowest BCUT2D eigenvalue weighted by Crippen LogP contribution is -2.20. The second-order valence-corrected chi connectivity index (χ2v) is 3.70. The van der Waals surface area contributed by atoms with E-state index in [0.29, 0.717) is 17.6 Å². The zero-order valence-corrected chi connectivity index (χ0v) is 9.38. The van der Waals surface area contributed by atoms with Crippen molar-refractivity contribution in [3.63, 3.8) is 0 Å². The highest BCUT2D eigenvalue weighted by Gasteiger charge is 2.16. The fourth-order valence-corrected chi connectivity index (χ4v) is 1.35. The summed E-state index contributed by atoms with van der Waals surface area (Å²) < 4.78 is 5.05. The summed E-state index contributed by atoms with van der Waals surface area (Å²) in [4.78, 5) is 15.1. The van der Waals surface area contributed by atoms with Gasteiger partial charge in [0.25, 0.3) is 0 Å². The molecule has 0 aliphatic heterocycles. The molecule has 1 radical (unpaired) electrons.